The molecule has 15 nitrogen and oxygen atoms in total. The van der Waals surface area contributed by atoms with Crippen LogP contribution in [-0.4, -0.2) is 92.6 Å². The number of rotatable bonds is 15. The smallest absolute Gasteiger partial charge is 0.407 e. The number of hydrogen-bond acceptors (Lipinski definition) is 9. The molecule has 4 N–H and O–H groups in total. The predicted octanol–water partition coefficient (Wildman–Crippen LogP) is 8.67. The highest BCUT2D eigenvalue weighted by atomic mass is 16.5. The Bertz CT molecular complexity index is 2680. The second kappa shape index (κ2) is 21.5. The maximum absolute atomic E-state index is 13.8. The molecule has 0 saturated carbocycles. The SMILES string of the molecule is CCC.CCCN(Cc1nc2c(ccc3cc(-c4ccc5cc(-c6cnc(CN(CCC)C(=O)C(NC(=O)OC)c7cccnc7)[nH]6)ccc5c4)ccc32)[nH]1)C(=O)CNC(=O)OC. The number of alkyl carbamates (subject to hydrolysis) is 2. The van der Waals surface area contributed by atoms with Crippen molar-refractivity contribution < 1.29 is 28.7 Å². The minimum absolute atomic E-state index is 0.155. The van der Waals surface area contributed by atoms with Crippen molar-refractivity contribution in [3.8, 4) is 22.4 Å². The van der Waals surface area contributed by atoms with E-state index in [2.05, 4.69) is 104 Å². The number of fused-ring (bicyclic) bond motifs is 4. The van der Waals surface area contributed by atoms with Crippen molar-refractivity contribution in [3.05, 3.63) is 115 Å². The molecule has 3 heterocycles. The Kier molecular flexibility index (Phi) is 15.4. The standard InChI is InChI=1S/C45H47N9O6.C3H8/c1-5-18-53(40(55)25-48-44(57)59-3)27-39-49-36-16-14-32-21-31(13-15-35(32)42(36)51-39)28-9-10-30-22-33(12-11-29(30)20-28)37-24-47-38(50-37)26-54(19-6-2)43(56)41(52-45(58)60-4)34-8-7-17-46-23-34;1-3-2/h7-17,20-24,41H,5-6,18-19,25-27H2,1-4H3,(H,47,50)(H,48,57)(H,49,51)(H,52,58);3H2,1-2H3. The van der Waals surface area contributed by atoms with E-state index < -0.39 is 18.2 Å². The molecule has 0 saturated heterocycles. The zero-order valence-corrected chi connectivity index (χ0v) is 36.7. The van der Waals surface area contributed by atoms with Crippen LogP contribution < -0.4 is 10.6 Å². The lowest BCUT2D eigenvalue weighted by Crippen LogP contribution is -2.43. The highest BCUT2D eigenvalue weighted by Crippen LogP contribution is 2.32. The quantitative estimate of drug-likeness (QED) is 0.0783. The molecule has 0 bridgehead atoms. The van der Waals surface area contributed by atoms with Gasteiger partial charge in [0.1, 0.15) is 24.2 Å². The molecule has 0 aliphatic carbocycles. The number of pyridine rings is 1. The normalized spacial score (nSPS) is 11.4. The van der Waals surface area contributed by atoms with Crippen molar-refractivity contribution in [2.75, 3.05) is 33.9 Å². The predicted molar refractivity (Wildman–Crippen MR) is 244 cm³/mol. The molecule has 0 aliphatic rings. The van der Waals surface area contributed by atoms with Crippen molar-refractivity contribution in [1.29, 1.82) is 0 Å². The number of benzene rings is 4. The fraction of sp³-hybridized carbons (Fsp3) is 0.312. The first-order chi connectivity index (χ1) is 30.6. The second-order valence-electron chi connectivity index (χ2n) is 15.1. The number of ether oxygens (including phenoxy) is 2. The topological polar surface area (TPSA) is 188 Å². The third kappa shape index (κ3) is 11.2. The fourth-order valence-electron chi connectivity index (χ4n) is 7.28. The maximum Gasteiger partial charge on any atom is 0.407 e. The summed E-state index contributed by atoms with van der Waals surface area (Å²) in [5.74, 6) is 0.763. The number of aromatic amines is 2. The molecule has 15 heteroatoms. The number of H-pyrrole nitrogens is 2. The number of nitrogens with one attached hydrogen (secondary N) is 4. The van der Waals surface area contributed by atoms with E-state index in [0.717, 1.165) is 61.4 Å². The third-order valence-electron chi connectivity index (χ3n) is 10.2. The molecule has 7 aromatic rings. The van der Waals surface area contributed by atoms with Crippen LogP contribution >= 0.6 is 0 Å². The van der Waals surface area contributed by atoms with Gasteiger partial charge in [-0.05, 0) is 70.5 Å². The number of amides is 4. The van der Waals surface area contributed by atoms with Crippen molar-refractivity contribution >= 4 is 56.6 Å². The molecule has 3 aromatic heterocycles. The molecule has 0 aliphatic heterocycles. The Morgan fingerprint density at radius 3 is 2.03 bits per heavy atom. The van der Waals surface area contributed by atoms with E-state index in [9.17, 15) is 19.2 Å². The average Bonchev–Trinajstić information content (AvgIpc) is 3.96. The second-order valence-corrected chi connectivity index (χ2v) is 15.1. The molecule has 4 amide bonds. The van der Waals surface area contributed by atoms with Gasteiger partial charge < -0.3 is 39.9 Å². The van der Waals surface area contributed by atoms with Crippen molar-refractivity contribution in [2.24, 2.45) is 0 Å². The van der Waals surface area contributed by atoms with Gasteiger partial charge in [-0.25, -0.2) is 19.6 Å². The molecule has 1 unspecified atom stereocenters. The average molecular weight is 854 g/mol. The first-order valence-corrected chi connectivity index (χ1v) is 21.2. The van der Waals surface area contributed by atoms with Gasteiger partial charge in [0.2, 0.25) is 11.8 Å². The molecule has 63 heavy (non-hydrogen) atoms. The Balaban J connectivity index is 0.00000214. The number of carbonyl (C=O) groups excluding carboxylic acids is 4. The Labute approximate surface area is 366 Å². The highest BCUT2D eigenvalue weighted by Gasteiger charge is 2.29. The number of methoxy groups -OCH3 is 2. The van der Waals surface area contributed by atoms with E-state index in [1.54, 1.807) is 40.5 Å². The van der Waals surface area contributed by atoms with Crippen molar-refractivity contribution in [2.45, 2.75) is 66.1 Å². The van der Waals surface area contributed by atoms with E-state index in [-0.39, 0.29) is 31.4 Å². The van der Waals surface area contributed by atoms with Gasteiger partial charge >= 0.3 is 12.2 Å². The molecular formula is C48H55N9O6. The first kappa shape index (κ1) is 45.2. The summed E-state index contributed by atoms with van der Waals surface area (Å²) in [5, 5.41) is 9.29. The van der Waals surface area contributed by atoms with Crippen LogP contribution in [0, 0.1) is 0 Å². The molecule has 4 aromatic carbocycles. The van der Waals surface area contributed by atoms with E-state index >= 15 is 0 Å². The summed E-state index contributed by atoms with van der Waals surface area (Å²) in [6.45, 7) is 9.56. The maximum atomic E-state index is 13.8. The molecule has 0 spiro atoms. The monoisotopic (exact) mass is 853 g/mol. The molecule has 0 fully saturated rings. The van der Waals surface area contributed by atoms with E-state index in [4.69, 9.17) is 9.72 Å². The number of carbonyl (C=O) groups is 4. The van der Waals surface area contributed by atoms with Gasteiger partial charge in [-0.15, -0.1) is 0 Å². The van der Waals surface area contributed by atoms with Crippen molar-refractivity contribution in [3.63, 3.8) is 0 Å². The summed E-state index contributed by atoms with van der Waals surface area (Å²) in [6.07, 6.45) is 6.29. The van der Waals surface area contributed by atoms with Crippen LogP contribution in [0.4, 0.5) is 9.59 Å². The zero-order chi connectivity index (χ0) is 44.9. The number of hydrogen-bond donors (Lipinski definition) is 4. The summed E-state index contributed by atoms with van der Waals surface area (Å²) < 4.78 is 9.40. The van der Waals surface area contributed by atoms with Crippen LogP contribution in [0.5, 0.6) is 0 Å². The van der Waals surface area contributed by atoms with Gasteiger partial charge in [0.25, 0.3) is 0 Å². The summed E-state index contributed by atoms with van der Waals surface area (Å²) >= 11 is 0. The number of nitrogens with zero attached hydrogens (tertiary/aromatic N) is 5. The van der Waals surface area contributed by atoms with Crippen LogP contribution in [0.25, 0.3) is 55.0 Å². The first-order valence-electron chi connectivity index (χ1n) is 21.2. The van der Waals surface area contributed by atoms with E-state index in [0.29, 0.717) is 36.7 Å². The molecule has 328 valence electrons. The van der Waals surface area contributed by atoms with Gasteiger partial charge in [0.15, 0.2) is 0 Å². The molecule has 0 radical (unpaired) electrons. The van der Waals surface area contributed by atoms with E-state index in [1.807, 2.05) is 26.0 Å². The summed E-state index contributed by atoms with van der Waals surface area (Å²) in [5.41, 5.74) is 6.17. The minimum atomic E-state index is -0.968. The number of aromatic nitrogens is 5. The van der Waals surface area contributed by atoms with Gasteiger partial charge in [-0.2, -0.15) is 0 Å². The van der Waals surface area contributed by atoms with Crippen LogP contribution in [0.3, 0.4) is 0 Å². The van der Waals surface area contributed by atoms with Crippen LogP contribution in [0.15, 0.2) is 97.5 Å². The van der Waals surface area contributed by atoms with Gasteiger partial charge in [0.05, 0.1) is 50.2 Å². The lowest BCUT2D eigenvalue weighted by Gasteiger charge is -2.27. The summed E-state index contributed by atoms with van der Waals surface area (Å²) in [7, 11) is 2.52. The van der Waals surface area contributed by atoms with Gasteiger partial charge in [-0.1, -0.05) is 82.6 Å². The van der Waals surface area contributed by atoms with Crippen LogP contribution in [0.2, 0.25) is 0 Å². The highest BCUT2D eigenvalue weighted by molar-refractivity contribution is 6.05. The largest absolute Gasteiger partial charge is 0.453 e. The lowest BCUT2D eigenvalue weighted by molar-refractivity contribution is -0.134. The number of imidazole rings is 2. The Morgan fingerprint density at radius 1 is 0.714 bits per heavy atom. The summed E-state index contributed by atoms with van der Waals surface area (Å²) in [6, 6.07) is 25.6. The lowest BCUT2D eigenvalue weighted by atomic mass is 9.97. The zero-order valence-electron chi connectivity index (χ0n) is 36.7. The third-order valence-corrected chi connectivity index (χ3v) is 10.2. The molecular weight excluding hydrogens is 799 g/mol. The Morgan fingerprint density at radius 2 is 1.35 bits per heavy atom. The van der Waals surface area contributed by atoms with Crippen molar-refractivity contribution in [1.82, 2.24) is 45.4 Å². The van der Waals surface area contributed by atoms with Crippen LogP contribution in [0.1, 0.15) is 70.2 Å². The molecule has 7 rings (SSSR count). The van der Waals surface area contributed by atoms with Crippen LogP contribution in [-0.2, 0) is 32.2 Å². The summed E-state index contributed by atoms with van der Waals surface area (Å²) in [4.78, 5) is 74.1. The van der Waals surface area contributed by atoms with Gasteiger partial charge in [0, 0.05) is 42.0 Å². The van der Waals surface area contributed by atoms with E-state index in [1.165, 1.54) is 20.6 Å². The fourth-order valence-corrected chi connectivity index (χ4v) is 7.28. The molecule has 1 atom stereocenters. The van der Waals surface area contributed by atoms with Gasteiger partial charge in [-0.3, -0.25) is 14.6 Å². The Hall–Kier alpha value is -7.29. The minimum Gasteiger partial charge on any atom is -0.453 e.